The summed E-state index contributed by atoms with van der Waals surface area (Å²) in [5.74, 6) is -0.359. The van der Waals surface area contributed by atoms with Crippen molar-refractivity contribution in [2.75, 3.05) is 7.11 Å². The molecular formula is C10H10N2O2. The van der Waals surface area contributed by atoms with Crippen LogP contribution in [0.1, 0.15) is 10.5 Å². The van der Waals surface area contributed by atoms with E-state index in [2.05, 4.69) is 14.7 Å². The predicted molar refractivity (Wildman–Crippen MR) is 51.9 cm³/mol. The highest BCUT2D eigenvalue weighted by molar-refractivity contribution is 5.89. The molecule has 0 unspecified atom stereocenters. The van der Waals surface area contributed by atoms with E-state index in [1.165, 1.54) is 7.11 Å². The van der Waals surface area contributed by atoms with Gasteiger partial charge in [-0.1, -0.05) is 0 Å². The quantitative estimate of drug-likeness (QED) is 0.709. The Kier molecular flexibility index (Phi) is 2.10. The third-order valence-electron chi connectivity index (χ3n) is 2.00. The van der Waals surface area contributed by atoms with Gasteiger partial charge < -0.3 is 14.7 Å². The van der Waals surface area contributed by atoms with E-state index in [9.17, 15) is 4.79 Å². The summed E-state index contributed by atoms with van der Waals surface area (Å²) >= 11 is 0. The van der Waals surface area contributed by atoms with Crippen LogP contribution in [0.15, 0.2) is 30.6 Å². The summed E-state index contributed by atoms with van der Waals surface area (Å²) in [6.07, 6.45) is 3.60. The SMILES string of the molecule is COC(=O)c1cc(-c2ccc[nH]2)c[nH]1. The molecule has 72 valence electrons. The number of ether oxygens (including phenoxy) is 1. The molecule has 0 aliphatic heterocycles. The number of carbonyl (C=O) groups is 1. The highest BCUT2D eigenvalue weighted by atomic mass is 16.5. The summed E-state index contributed by atoms with van der Waals surface area (Å²) in [6.45, 7) is 0. The minimum Gasteiger partial charge on any atom is -0.464 e. The second-order valence-corrected chi connectivity index (χ2v) is 2.88. The van der Waals surface area contributed by atoms with Gasteiger partial charge in [0.15, 0.2) is 0 Å². The lowest BCUT2D eigenvalue weighted by Crippen LogP contribution is -2.00. The number of H-pyrrole nitrogens is 2. The number of methoxy groups -OCH3 is 1. The third kappa shape index (κ3) is 1.42. The maximum Gasteiger partial charge on any atom is 0.354 e. The maximum atomic E-state index is 11.1. The fraction of sp³-hybridized carbons (Fsp3) is 0.100. The van der Waals surface area contributed by atoms with Crippen LogP contribution in [0.2, 0.25) is 0 Å². The Hall–Kier alpha value is -1.97. The van der Waals surface area contributed by atoms with Gasteiger partial charge in [0, 0.05) is 23.7 Å². The zero-order valence-electron chi connectivity index (χ0n) is 7.70. The Morgan fingerprint density at radius 2 is 2.29 bits per heavy atom. The molecule has 0 saturated carbocycles. The van der Waals surface area contributed by atoms with E-state index in [1.807, 2.05) is 18.3 Å². The first-order valence-electron chi connectivity index (χ1n) is 4.22. The van der Waals surface area contributed by atoms with Crippen LogP contribution in [0.3, 0.4) is 0 Å². The summed E-state index contributed by atoms with van der Waals surface area (Å²) < 4.78 is 4.59. The first kappa shape index (κ1) is 8.62. The number of rotatable bonds is 2. The van der Waals surface area contributed by atoms with Crippen LogP contribution >= 0.6 is 0 Å². The molecule has 2 heterocycles. The molecule has 2 aromatic rings. The summed E-state index contributed by atoms with van der Waals surface area (Å²) in [5, 5.41) is 0. The highest BCUT2D eigenvalue weighted by Crippen LogP contribution is 2.17. The second-order valence-electron chi connectivity index (χ2n) is 2.88. The van der Waals surface area contributed by atoms with E-state index >= 15 is 0 Å². The average molecular weight is 190 g/mol. The van der Waals surface area contributed by atoms with Crippen LogP contribution < -0.4 is 0 Å². The monoisotopic (exact) mass is 190 g/mol. The third-order valence-corrected chi connectivity index (χ3v) is 2.00. The molecule has 0 fully saturated rings. The summed E-state index contributed by atoms with van der Waals surface area (Å²) in [4.78, 5) is 17.0. The molecule has 0 aliphatic rings. The number of aromatic amines is 2. The lowest BCUT2D eigenvalue weighted by atomic mass is 10.2. The molecule has 2 aromatic heterocycles. The Balaban J connectivity index is 2.31. The van der Waals surface area contributed by atoms with Crippen molar-refractivity contribution < 1.29 is 9.53 Å². The zero-order valence-corrected chi connectivity index (χ0v) is 7.70. The molecule has 0 aromatic carbocycles. The van der Waals surface area contributed by atoms with Crippen molar-refractivity contribution in [3.05, 3.63) is 36.3 Å². The largest absolute Gasteiger partial charge is 0.464 e. The molecule has 0 saturated heterocycles. The van der Waals surface area contributed by atoms with Crippen molar-refractivity contribution in [3.8, 4) is 11.3 Å². The van der Waals surface area contributed by atoms with Crippen LogP contribution in [0.25, 0.3) is 11.3 Å². The maximum absolute atomic E-state index is 11.1. The summed E-state index contributed by atoms with van der Waals surface area (Å²) in [5.41, 5.74) is 2.36. The standard InChI is InChI=1S/C10H10N2O2/c1-14-10(13)9-5-7(6-12-9)8-3-2-4-11-8/h2-6,11-12H,1H3. The van der Waals surface area contributed by atoms with E-state index in [0.29, 0.717) is 5.69 Å². The van der Waals surface area contributed by atoms with E-state index in [4.69, 9.17) is 0 Å². The normalized spacial score (nSPS) is 10.1. The number of hydrogen-bond donors (Lipinski definition) is 2. The molecule has 0 atom stereocenters. The Morgan fingerprint density at radius 3 is 2.93 bits per heavy atom. The van der Waals surface area contributed by atoms with Gasteiger partial charge in [-0.05, 0) is 18.2 Å². The zero-order chi connectivity index (χ0) is 9.97. The molecular weight excluding hydrogens is 180 g/mol. The Morgan fingerprint density at radius 1 is 1.43 bits per heavy atom. The van der Waals surface area contributed by atoms with Crippen molar-refractivity contribution in [1.29, 1.82) is 0 Å². The topological polar surface area (TPSA) is 57.9 Å². The van der Waals surface area contributed by atoms with Gasteiger partial charge in [-0.2, -0.15) is 0 Å². The fourth-order valence-corrected chi connectivity index (χ4v) is 1.29. The number of carbonyl (C=O) groups excluding carboxylic acids is 1. The van der Waals surface area contributed by atoms with Gasteiger partial charge >= 0.3 is 5.97 Å². The fourth-order valence-electron chi connectivity index (χ4n) is 1.29. The number of nitrogens with one attached hydrogen (secondary N) is 2. The molecule has 2 rings (SSSR count). The van der Waals surface area contributed by atoms with Crippen LogP contribution in [0.4, 0.5) is 0 Å². The van der Waals surface area contributed by atoms with Crippen LogP contribution in [0.5, 0.6) is 0 Å². The van der Waals surface area contributed by atoms with Gasteiger partial charge in [0.1, 0.15) is 5.69 Å². The van der Waals surface area contributed by atoms with Gasteiger partial charge in [0.25, 0.3) is 0 Å². The lowest BCUT2D eigenvalue weighted by Gasteiger charge is -1.92. The Bertz CT molecular complexity index is 429. The lowest BCUT2D eigenvalue weighted by molar-refractivity contribution is 0.0595. The van der Waals surface area contributed by atoms with Gasteiger partial charge in [0.05, 0.1) is 7.11 Å². The van der Waals surface area contributed by atoms with Crippen molar-refractivity contribution in [2.24, 2.45) is 0 Å². The van der Waals surface area contributed by atoms with E-state index < -0.39 is 0 Å². The predicted octanol–water partition coefficient (Wildman–Crippen LogP) is 1.80. The second kappa shape index (κ2) is 3.41. The van der Waals surface area contributed by atoms with Crippen molar-refractivity contribution in [2.45, 2.75) is 0 Å². The van der Waals surface area contributed by atoms with Gasteiger partial charge in [-0.3, -0.25) is 0 Å². The molecule has 0 radical (unpaired) electrons. The van der Waals surface area contributed by atoms with Crippen LogP contribution in [0, 0.1) is 0 Å². The molecule has 0 amide bonds. The van der Waals surface area contributed by atoms with Crippen molar-refractivity contribution in [3.63, 3.8) is 0 Å². The van der Waals surface area contributed by atoms with Crippen molar-refractivity contribution >= 4 is 5.97 Å². The first-order valence-corrected chi connectivity index (χ1v) is 4.22. The van der Waals surface area contributed by atoms with E-state index in [1.54, 1.807) is 12.3 Å². The van der Waals surface area contributed by atoms with Crippen LogP contribution in [-0.4, -0.2) is 23.0 Å². The average Bonchev–Trinajstić information content (AvgIpc) is 2.86. The van der Waals surface area contributed by atoms with Gasteiger partial charge in [-0.25, -0.2) is 4.79 Å². The van der Waals surface area contributed by atoms with Crippen molar-refractivity contribution in [1.82, 2.24) is 9.97 Å². The first-order chi connectivity index (χ1) is 6.81. The van der Waals surface area contributed by atoms with Crippen LogP contribution in [-0.2, 0) is 4.74 Å². The number of hydrogen-bond acceptors (Lipinski definition) is 2. The van der Waals surface area contributed by atoms with Gasteiger partial charge in [-0.15, -0.1) is 0 Å². The molecule has 0 aliphatic carbocycles. The minimum absolute atomic E-state index is 0.359. The van der Waals surface area contributed by atoms with E-state index in [-0.39, 0.29) is 5.97 Å². The molecule has 0 bridgehead atoms. The summed E-state index contributed by atoms with van der Waals surface area (Å²) in [7, 11) is 1.36. The number of aromatic nitrogens is 2. The summed E-state index contributed by atoms with van der Waals surface area (Å²) in [6, 6.07) is 5.59. The Labute approximate surface area is 80.9 Å². The molecule has 2 N–H and O–H groups in total. The minimum atomic E-state index is -0.359. The molecule has 14 heavy (non-hydrogen) atoms. The van der Waals surface area contributed by atoms with E-state index in [0.717, 1.165) is 11.3 Å². The molecule has 4 heteroatoms. The highest BCUT2D eigenvalue weighted by Gasteiger charge is 2.09. The molecule has 0 spiro atoms. The molecule has 4 nitrogen and oxygen atoms in total. The number of esters is 1. The van der Waals surface area contributed by atoms with Gasteiger partial charge in [0.2, 0.25) is 0 Å². The smallest absolute Gasteiger partial charge is 0.354 e.